The van der Waals surface area contributed by atoms with Gasteiger partial charge in [-0.25, -0.2) is 4.39 Å². The van der Waals surface area contributed by atoms with Gasteiger partial charge in [-0.1, -0.05) is 11.6 Å². The molecule has 0 aromatic heterocycles. The fourth-order valence-corrected chi connectivity index (χ4v) is 1.84. The standard InChI is InChI=1S/C12H16ClFN4O/c1-19-6-5-18(4-2-3-15)12-9(17)7-8(16)10(13)11(12)14/h7H,2,4-6,16-17H2,1H3. The van der Waals surface area contributed by atoms with E-state index in [9.17, 15) is 4.39 Å². The van der Waals surface area contributed by atoms with Gasteiger partial charge < -0.3 is 21.1 Å². The molecular formula is C12H16ClFN4O. The molecule has 104 valence electrons. The minimum absolute atomic E-state index is 0.0902. The molecule has 0 unspecified atom stereocenters. The second-order valence-corrected chi connectivity index (χ2v) is 4.30. The van der Waals surface area contributed by atoms with Crippen molar-refractivity contribution in [3.8, 4) is 6.07 Å². The van der Waals surface area contributed by atoms with Gasteiger partial charge in [-0.05, 0) is 6.07 Å². The van der Waals surface area contributed by atoms with Crippen molar-refractivity contribution in [1.29, 1.82) is 5.26 Å². The monoisotopic (exact) mass is 286 g/mol. The van der Waals surface area contributed by atoms with Gasteiger partial charge in [0, 0.05) is 20.2 Å². The summed E-state index contributed by atoms with van der Waals surface area (Å²) in [6, 6.07) is 3.42. The van der Waals surface area contributed by atoms with Crippen molar-refractivity contribution in [2.45, 2.75) is 6.42 Å². The Morgan fingerprint density at radius 1 is 1.42 bits per heavy atom. The molecule has 0 saturated carbocycles. The quantitative estimate of drug-likeness (QED) is 0.781. The van der Waals surface area contributed by atoms with E-state index in [1.807, 2.05) is 6.07 Å². The Balaban J connectivity index is 3.14. The molecule has 1 rings (SSSR count). The SMILES string of the molecule is COCCN(CCC#N)c1c(N)cc(N)c(Cl)c1F. The third-order valence-electron chi connectivity index (χ3n) is 2.61. The topological polar surface area (TPSA) is 88.3 Å². The van der Waals surface area contributed by atoms with E-state index in [0.29, 0.717) is 19.7 Å². The zero-order chi connectivity index (χ0) is 14.4. The summed E-state index contributed by atoms with van der Waals surface area (Å²) in [5.41, 5.74) is 11.8. The first-order valence-electron chi connectivity index (χ1n) is 5.66. The van der Waals surface area contributed by atoms with Gasteiger partial charge in [0.15, 0.2) is 5.82 Å². The number of nitriles is 1. The van der Waals surface area contributed by atoms with E-state index >= 15 is 0 Å². The number of nitrogens with two attached hydrogens (primary N) is 2. The summed E-state index contributed by atoms with van der Waals surface area (Å²) >= 11 is 5.79. The number of rotatable bonds is 6. The number of nitrogens with zero attached hydrogens (tertiary/aromatic N) is 2. The van der Waals surface area contributed by atoms with Crippen LogP contribution < -0.4 is 16.4 Å². The number of methoxy groups -OCH3 is 1. The highest BCUT2D eigenvalue weighted by Crippen LogP contribution is 2.36. The van der Waals surface area contributed by atoms with Gasteiger partial charge >= 0.3 is 0 Å². The third kappa shape index (κ3) is 3.63. The van der Waals surface area contributed by atoms with Gasteiger partial charge in [0.25, 0.3) is 0 Å². The van der Waals surface area contributed by atoms with Crippen LogP contribution in [0.25, 0.3) is 0 Å². The van der Waals surface area contributed by atoms with Crippen LogP contribution >= 0.6 is 11.6 Å². The minimum Gasteiger partial charge on any atom is -0.397 e. The van der Waals surface area contributed by atoms with Gasteiger partial charge in [-0.3, -0.25) is 0 Å². The highest BCUT2D eigenvalue weighted by atomic mass is 35.5. The summed E-state index contributed by atoms with van der Waals surface area (Å²) < 4.78 is 19.1. The molecule has 1 aromatic rings. The van der Waals surface area contributed by atoms with Crippen LogP contribution in [-0.4, -0.2) is 26.8 Å². The van der Waals surface area contributed by atoms with Crippen molar-refractivity contribution >= 4 is 28.7 Å². The first-order valence-corrected chi connectivity index (χ1v) is 6.04. The maximum atomic E-state index is 14.2. The van der Waals surface area contributed by atoms with Crippen molar-refractivity contribution < 1.29 is 9.13 Å². The average molecular weight is 287 g/mol. The number of halogens is 2. The van der Waals surface area contributed by atoms with E-state index in [0.717, 1.165) is 0 Å². The molecule has 5 nitrogen and oxygen atoms in total. The lowest BCUT2D eigenvalue weighted by Crippen LogP contribution is -2.30. The molecule has 0 saturated heterocycles. The first-order chi connectivity index (χ1) is 9.02. The normalized spacial score (nSPS) is 10.2. The van der Waals surface area contributed by atoms with Crippen LogP contribution in [0.1, 0.15) is 6.42 Å². The maximum absolute atomic E-state index is 14.2. The molecule has 0 amide bonds. The second kappa shape index (κ2) is 7.02. The Hall–Kier alpha value is -1.71. The molecule has 1 aromatic carbocycles. The van der Waals surface area contributed by atoms with E-state index in [1.54, 1.807) is 4.90 Å². The van der Waals surface area contributed by atoms with Crippen molar-refractivity contribution in [2.75, 3.05) is 43.2 Å². The lowest BCUT2D eigenvalue weighted by atomic mass is 10.2. The van der Waals surface area contributed by atoms with E-state index in [4.69, 9.17) is 33.1 Å². The molecule has 7 heteroatoms. The summed E-state index contributed by atoms with van der Waals surface area (Å²) in [7, 11) is 1.54. The zero-order valence-electron chi connectivity index (χ0n) is 10.6. The molecule has 19 heavy (non-hydrogen) atoms. The fourth-order valence-electron chi connectivity index (χ4n) is 1.70. The Morgan fingerprint density at radius 3 is 2.68 bits per heavy atom. The average Bonchev–Trinajstić information content (AvgIpc) is 2.38. The summed E-state index contributed by atoms with van der Waals surface area (Å²) in [6.07, 6.45) is 0.241. The van der Waals surface area contributed by atoms with Crippen LogP contribution in [0.15, 0.2) is 6.07 Å². The van der Waals surface area contributed by atoms with Crippen molar-refractivity contribution in [3.63, 3.8) is 0 Å². The van der Waals surface area contributed by atoms with Crippen LogP contribution in [-0.2, 0) is 4.74 Å². The van der Waals surface area contributed by atoms with E-state index in [1.165, 1.54) is 13.2 Å². The predicted octanol–water partition coefficient (Wildman–Crippen LogP) is 2.01. The maximum Gasteiger partial charge on any atom is 0.169 e. The molecule has 4 N–H and O–H groups in total. The van der Waals surface area contributed by atoms with Gasteiger partial charge in [-0.2, -0.15) is 5.26 Å². The van der Waals surface area contributed by atoms with E-state index in [-0.39, 0.29) is 28.5 Å². The smallest absolute Gasteiger partial charge is 0.169 e. The van der Waals surface area contributed by atoms with Crippen molar-refractivity contribution in [3.05, 3.63) is 16.9 Å². The molecule has 0 heterocycles. The number of hydrogen-bond donors (Lipinski definition) is 2. The summed E-state index contributed by atoms with van der Waals surface area (Å²) in [5.74, 6) is -0.673. The third-order valence-corrected chi connectivity index (χ3v) is 3.00. The van der Waals surface area contributed by atoms with Crippen LogP contribution in [0.4, 0.5) is 21.5 Å². The molecule has 0 aliphatic rings. The molecule has 0 radical (unpaired) electrons. The Morgan fingerprint density at radius 2 is 2.11 bits per heavy atom. The molecule has 0 atom stereocenters. The number of benzene rings is 1. The van der Waals surface area contributed by atoms with Gasteiger partial charge in [0.05, 0.1) is 36.2 Å². The van der Waals surface area contributed by atoms with Gasteiger partial charge in [0.1, 0.15) is 5.02 Å². The molecule has 0 bridgehead atoms. The van der Waals surface area contributed by atoms with Crippen LogP contribution in [0.3, 0.4) is 0 Å². The van der Waals surface area contributed by atoms with Crippen LogP contribution in [0.5, 0.6) is 0 Å². The molecule has 0 fully saturated rings. The largest absolute Gasteiger partial charge is 0.397 e. The molecular weight excluding hydrogens is 271 g/mol. The summed E-state index contributed by atoms with van der Waals surface area (Å²) in [4.78, 5) is 1.63. The number of nitrogen functional groups attached to an aromatic ring is 2. The predicted molar refractivity (Wildman–Crippen MR) is 74.6 cm³/mol. The van der Waals surface area contributed by atoms with Crippen LogP contribution in [0, 0.1) is 17.1 Å². The lowest BCUT2D eigenvalue weighted by molar-refractivity contribution is 0.205. The van der Waals surface area contributed by atoms with Gasteiger partial charge in [0.2, 0.25) is 0 Å². The molecule has 0 spiro atoms. The highest BCUT2D eigenvalue weighted by Gasteiger charge is 2.19. The summed E-state index contributed by atoms with van der Waals surface area (Å²) in [6.45, 7) is 1.12. The van der Waals surface area contributed by atoms with Crippen LogP contribution in [0.2, 0.25) is 5.02 Å². The van der Waals surface area contributed by atoms with E-state index in [2.05, 4.69) is 0 Å². The minimum atomic E-state index is -0.673. The second-order valence-electron chi connectivity index (χ2n) is 3.92. The molecule has 0 aliphatic carbocycles. The number of ether oxygens (including phenoxy) is 1. The Bertz CT molecular complexity index is 490. The Kier molecular flexibility index (Phi) is 5.67. The van der Waals surface area contributed by atoms with Crippen molar-refractivity contribution in [2.24, 2.45) is 0 Å². The fraction of sp³-hybridized carbons (Fsp3) is 0.417. The highest BCUT2D eigenvalue weighted by molar-refractivity contribution is 6.33. The zero-order valence-corrected chi connectivity index (χ0v) is 11.4. The number of hydrogen-bond acceptors (Lipinski definition) is 5. The van der Waals surface area contributed by atoms with Crippen molar-refractivity contribution in [1.82, 2.24) is 0 Å². The Labute approximate surface area is 116 Å². The van der Waals surface area contributed by atoms with E-state index < -0.39 is 5.82 Å². The van der Waals surface area contributed by atoms with Gasteiger partial charge in [-0.15, -0.1) is 0 Å². The molecule has 0 aliphatic heterocycles. The first kappa shape index (κ1) is 15.3. The summed E-state index contributed by atoms with van der Waals surface area (Å²) in [5, 5.41) is 8.48. The number of anilines is 3. The lowest BCUT2D eigenvalue weighted by Gasteiger charge is -2.26.